The van der Waals surface area contributed by atoms with Gasteiger partial charge in [-0.3, -0.25) is 0 Å². The maximum atomic E-state index is 5.32. The highest BCUT2D eigenvalue weighted by Crippen LogP contribution is 2.47. The molecule has 2 nitrogen and oxygen atoms in total. The number of rotatable bonds is 5. The van der Waals surface area contributed by atoms with Gasteiger partial charge in [0, 0.05) is 22.6 Å². The van der Waals surface area contributed by atoms with Gasteiger partial charge in [-0.25, -0.2) is 9.97 Å². The lowest BCUT2D eigenvalue weighted by molar-refractivity contribution is 1.09. The van der Waals surface area contributed by atoms with Crippen LogP contribution in [0.3, 0.4) is 0 Å². The summed E-state index contributed by atoms with van der Waals surface area (Å²) in [6.07, 6.45) is 2.41. The standard InChI is InChI=1S/C51H34N2/c1-33-40-29-28-37-18-7-10-25-43(37)50(40)47(36-14-3-2-4-15-36)31-46(33)38-21-11-22-39(30-38)48-32-49(44-26-12-19-34-16-5-8-23-41(34)44)53-51(52-48)45-27-13-20-35-17-6-9-24-42(35)45/h2-32,46H,1H2. The summed E-state index contributed by atoms with van der Waals surface area (Å²) in [4.78, 5) is 10.6. The van der Waals surface area contributed by atoms with Gasteiger partial charge in [-0.2, -0.15) is 0 Å². The Bertz CT molecular complexity index is 2810. The van der Waals surface area contributed by atoms with Crippen LogP contribution in [-0.4, -0.2) is 9.97 Å². The van der Waals surface area contributed by atoms with Crippen LogP contribution in [0, 0.1) is 0 Å². The first-order valence-corrected chi connectivity index (χ1v) is 18.1. The van der Waals surface area contributed by atoms with Crippen LogP contribution in [0.15, 0.2) is 195 Å². The van der Waals surface area contributed by atoms with E-state index in [4.69, 9.17) is 16.5 Å². The Balaban J connectivity index is 1.16. The minimum Gasteiger partial charge on any atom is -0.228 e. The van der Waals surface area contributed by atoms with E-state index in [9.17, 15) is 0 Å². The molecule has 0 bridgehead atoms. The molecule has 0 saturated carbocycles. The van der Waals surface area contributed by atoms with Crippen molar-refractivity contribution in [2.24, 2.45) is 0 Å². The number of hydrogen-bond acceptors (Lipinski definition) is 2. The molecule has 0 amide bonds. The first-order valence-electron chi connectivity index (χ1n) is 18.1. The monoisotopic (exact) mass is 674 g/mol. The van der Waals surface area contributed by atoms with Crippen molar-refractivity contribution >= 4 is 43.5 Å². The number of fused-ring (bicyclic) bond motifs is 5. The Morgan fingerprint density at radius 3 is 1.74 bits per heavy atom. The third-order valence-electron chi connectivity index (χ3n) is 10.7. The summed E-state index contributed by atoms with van der Waals surface area (Å²) in [6, 6.07) is 64.7. The SMILES string of the molecule is C=C1c2ccc3ccccc3c2C(c2ccccc2)=CC1c1cccc(-c2cc(-c3cccc4ccccc34)nc(-c3cccc4ccccc34)n2)c1. The second-order valence-electron chi connectivity index (χ2n) is 13.8. The first kappa shape index (κ1) is 30.9. The molecule has 0 radical (unpaired) electrons. The van der Waals surface area contributed by atoms with Crippen LogP contribution in [0.2, 0.25) is 0 Å². The van der Waals surface area contributed by atoms with Gasteiger partial charge in [0.1, 0.15) is 0 Å². The summed E-state index contributed by atoms with van der Waals surface area (Å²) < 4.78 is 0. The number of hydrogen-bond donors (Lipinski definition) is 0. The summed E-state index contributed by atoms with van der Waals surface area (Å²) in [6.45, 7) is 4.75. The maximum absolute atomic E-state index is 5.32. The molecule has 0 fully saturated rings. The molecule has 1 heterocycles. The van der Waals surface area contributed by atoms with Crippen LogP contribution in [0.25, 0.3) is 77.4 Å². The second kappa shape index (κ2) is 12.7. The molecule has 1 aliphatic rings. The number of aromatic nitrogens is 2. The average molecular weight is 675 g/mol. The Morgan fingerprint density at radius 1 is 0.415 bits per heavy atom. The Hall–Kier alpha value is -6.90. The van der Waals surface area contributed by atoms with Crippen molar-refractivity contribution in [1.82, 2.24) is 9.97 Å². The third-order valence-corrected chi connectivity index (χ3v) is 10.7. The molecule has 9 aromatic rings. The van der Waals surface area contributed by atoms with Crippen LogP contribution < -0.4 is 0 Å². The lowest BCUT2D eigenvalue weighted by Gasteiger charge is -2.29. The van der Waals surface area contributed by atoms with Gasteiger partial charge in [0.05, 0.1) is 11.4 Å². The van der Waals surface area contributed by atoms with E-state index in [-0.39, 0.29) is 5.92 Å². The Kier molecular flexibility index (Phi) is 7.40. The van der Waals surface area contributed by atoms with Crippen molar-refractivity contribution in [3.05, 3.63) is 217 Å². The van der Waals surface area contributed by atoms with E-state index in [1.165, 1.54) is 49.4 Å². The van der Waals surface area contributed by atoms with Gasteiger partial charge < -0.3 is 0 Å². The Labute approximate surface area is 309 Å². The van der Waals surface area contributed by atoms with Crippen molar-refractivity contribution in [3.63, 3.8) is 0 Å². The third kappa shape index (κ3) is 5.35. The van der Waals surface area contributed by atoms with Crippen LogP contribution >= 0.6 is 0 Å². The van der Waals surface area contributed by atoms with Crippen molar-refractivity contribution in [1.29, 1.82) is 0 Å². The van der Waals surface area contributed by atoms with Gasteiger partial charge in [0.25, 0.3) is 0 Å². The molecular formula is C51H34N2. The molecular weight excluding hydrogens is 641 g/mol. The first-order chi connectivity index (χ1) is 26.2. The largest absolute Gasteiger partial charge is 0.228 e. The topological polar surface area (TPSA) is 25.8 Å². The molecule has 1 aliphatic carbocycles. The highest BCUT2D eigenvalue weighted by molar-refractivity contribution is 6.05. The molecule has 1 atom stereocenters. The summed E-state index contributed by atoms with van der Waals surface area (Å²) in [5, 5.41) is 7.13. The predicted octanol–water partition coefficient (Wildman–Crippen LogP) is 13.2. The molecule has 8 aromatic carbocycles. The zero-order chi connectivity index (χ0) is 35.3. The molecule has 0 aliphatic heterocycles. The van der Waals surface area contributed by atoms with E-state index in [1.807, 2.05) is 0 Å². The fourth-order valence-electron chi connectivity index (χ4n) is 8.12. The molecule has 2 heteroatoms. The van der Waals surface area contributed by atoms with E-state index >= 15 is 0 Å². The number of benzene rings is 8. The van der Waals surface area contributed by atoms with E-state index in [0.717, 1.165) is 44.4 Å². The zero-order valence-electron chi connectivity index (χ0n) is 29.1. The Morgan fingerprint density at radius 2 is 0.981 bits per heavy atom. The molecule has 1 aromatic heterocycles. The smallest absolute Gasteiger partial charge is 0.161 e. The molecule has 0 N–H and O–H groups in total. The fraction of sp³-hybridized carbons (Fsp3) is 0.0196. The van der Waals surface area contributed by atoms with Gasteiger partial charge in [-0.1, -0.05) is 183 Å². The van der Waals surface area contributed by atoms with Crippen molar-refractivity contribution < 1.29 is 0 Å². The van der Waals surface area contributed by atoms with Gasteiger partial charge >= 0.3 is 0 Å². The summed E-state index contributed by atoms with van der Waals surface area (Å²) in [7, 11) is 0. The van der Waals surface area contributed by atoms with Crippen molar-refractivity contribution in [2.75, 3.05) is 0 Å². The molecule has 53 heavy (non-hydrogen) atoms. The van der Waals surface area contributed by atoms with E-state index in [1.54, 1.807) is 0 Å². The minimum absolute atomic E-state index is 0.0178. The quantitative estimate of drug-likeness (QED) is 0.182. The average Bonchev–Trinajstić information content (AvgIpc) is 3.23. The van der Waals surface area contributed by atoms with E-state index in [0.29, 0.717) is 5.82 Å². The number of allylic oxidation sites excluding steroid dienone is 2. The lowest BCUT2D eigenvalue weighted by Crippen LogP contribution is -2.09. The van der Waals surface area contributed by atoms with Gasteiger partial charge in [-0.15, -0.1) is 0 Å². The van der Waals surface area contributed by atoms with E-state index in [2.05, 4.69) is 188 Å². The van der Waals surface area contributed by atoms with Crippen LogP contribution in [-0.2, 0) is 0 Å². The normalized spacial score (nSPS) is 14.0. The summed E-state index contributed by atoms with van der Waals surface area (Å²) >= 11 is 0. The fourth-order valence-corrected chi connectivity index (χ4v) is 8.12. The highest BCUT2D eigenvalue weighted by Gasteiger charge is 2.27. The number of nitrogens with zero attached hydrogens (tertiary/aromatic N) is 2. The van der Waals surface area contributed by atoms with Crippen LogP contribution in [0.1, 0.15) is 28.2 Å². The molecule has 0 spiro atoms. The van der Waals surface area contributed by atoms with Crippen molar-refractivity contribution in [3.8, 4) is 33.9 Å². The zero-order valence-corrected chi connectivity index (χ0v) is 29.1. The lowest BCUT2D eigenvalue weighted by atomic mass is 9.74. The van der Waals surface area contributed by atoms with Crippen LogP contribution in [0.4, 0.5) is 0 Å². The minimum atomic E-state index is -0.0178. The van der Waals surface area contributed by atoms with Gasteiger partial charge in [-0.05, 0) is 77.9 Å². The highest BCUT2D eigenvalue weighted by atomic mass is 14.9. The molecule has 248 valence electrons. The van der Waals surface area contributed by atoms with E-state index < -0.39 is 0 Å². The van der Waals surface area contributed by atoms with Gasteiger partial charge in [0.2, 0.25) is 0 Å². The van der Waals surface area contributed by atoms with Crippen molar-refractivity contribution in [2.45, 2.75) is 5.92 Å². The predicted molar refractivity (Wildman–Crippen MR) is 223 cm³/mol. The van der Waals surface area contributed by atoms with Crippen LogP contribution in [0.5, 0.6) is 0 Å². The summed E-state index contributed by atoms with van der Waals surface area (Å²) in [5.74, 6) is 0.692. The molecule has 1 unspecified atom stereocenters. The maximum Gasteiger partial charge on any atom is 0.161 e. The molecule has 10 rings (SSSR count). The molecule has 0 saturated heterocycles. The second-order valence-corrected chi connectivity index (χ2v) is 13.8. The summed E-state index contributed by atoms with van der Waals surface area (Å²) in [5.41, 5.74) is 12.1. The van der Waals surface area contributed by atoms with Gasteiger partial charge in [0.15, 0.2) is 5.82 Å².